The minimum Gasteiger partial charge on any atom is -0.348 e. The van der Waals surface area contributed by atoms with Gasteiger partial charge in [0.05, 0.1) is 11.9 Å². The van der Waals surface area contributed by atoms with Crippen molar-refractivity contribution in [1.82, 2.24) is 14.9 Å². The predicted octanol–water partition coefficient (Wildman–Crippen LogP) is 2.40. The minimum atomic E-state index is 0.378. The smallest absolute Gasteiger partial charge is 0.204 e. The Morgan fingerprint density at radius 3 is 2.83 bits per heavy atom. The summed E-state index contributed by atoms with van der Waals surface area (Å²) in [5.74, 6) is 0.982. The third-order valence-corrected chi connectivity index (χ3v) is 4.07. The monoisotopic (exact) mass is 264 g/mol. The first-order valence-corrected chi connectivity index (χ1v) is 6.92. The maximum atomic E-state index is 4.41. The van der Waals surface area contributed by atoms with Gasteiger partial charge in [0.25, 0.3) is 0 Å². The van der Waals surface area contributed by atoms with E-state index in [4.69, 9.17) is 0 Å². The van der Waals surface area contributed by atoms with E-state index in [2.05, 4.69) is 46.4 Å². The number of thiophene rings is 1. The fourth-order valence-corrected chi connectivity index (χ4v) is 2.67. The van der Waals surface area contributed by atoms with Gasteiger partial charge in [-0.2, -0.15) is 0 Å². The van der Waals surface area contributed by atoms with Crippen molar-refractivity contribution in [3.8, 4) is 0 Å². The van der Waals surface area contributed by atoms with Crippen LogP contribution in [0.25, 0.3) is 0 Å². The Labute approximate surface area is 112 Å². The maximum absolute atomic E-state index is 4.41. The summed E-state index contributed by atoms with van der Waals surface area (Å²) in [6.07, 6.45) is 1.93. The normalized spacial score (nSPS) is 12.7. The van der Waals surface area contributed by atoms with Gasteiger partial charge in [0, 0.05) is 38.6 Å². The summed E-state index contributed by atoms with van der Waals surface area (Å²) in [5.41, 5.74) is 1.20. The first kappa shape index (κ1) is 13.1. The lowest BCUT2D eigenvalue weighted by molar-refractivity contribution is 0.565. The zero-order valence-electron chi connectivity index (χ0n) is 11.3. The molecule has 0 fully saturated rings. The average Bonchev–Trinajstić information content (AvgIpc) is 2.95. The lowest BCUT2D eigenvalue weighted by Crippen LogP contribution is -2.20. The zero-order valence-corrected chi connectivity index (χ0v) is 12.2. The van der Waals surface area contributed by atoms with Crippen LogP contribution in [0.3, 0.4) is 0 Å². The van der Waals surface area contributed by atoms with E-state index in [0.717, 1.165) is 12.5 Å². The third-order valence-electron chi connectivity index (χ3n) is 3.02. The first-order valence-electron chi connectivity index (χ1n) is 6.04. The van der Waals surface area contributed by atoms with E-state index in [-0.39, 0.29) is 0 Å². The molecule has 0 bridgehead atoms. The summed E-state index contributed by atoms with van der Waals surface area (Å²) >= 11 is 1.79. The van der Waals surface area contributed by atoms with Crippen LogP contribution in [-0.4, -0.2) is 23.6 Å². The van der Waals surface area contributed by atoms with E-state index < -0.39 is 0 Å². The predicted molar refractivity (Wildman–Crippen MR) is 77.1 cm³/mol. The molecular formula is C13H20N4S. The summed E-state index contributed by atoms with van der Waals surface area (Å²) in [7, 11) is 6.07. The average molecular weight is 264 g/mol. The van der Waals surface area contributed by atoms with Gasteiger partial charge >= 0.3 is 0 Å². The van der Waals surface area contributed by atoms with E-state index in [9.17, 15) is 0 Å². The van der Waals surface area contributed by atoms with Crippen LogP contribution in [0.2, 0.25) is 0 Å². The molecule has 1 atom stereocenters. The quantitative estimate of drug-likeness (QED) is 0.900. The topological polar surface area (TPSA) is 33.1 Å². The van der Waals surface area contributed by atoms with Gasteiger partial charge < -0.3 is 14.8 Å². The van der Waals surface area contributed by atoms with Crippen molar-refractivity contribution in [3.63, 3.8) is 0 Å². The van der Waals surface area contributed by atoms with Gasteiger partial charge in [-0.3, -0.25) is 0 Å². The standard InChI is InChI=1S/C13H20N4S/c1-10(12-6-5-7-18-12)14-8-11-9-15-13(16(2)3)17(11)4/h5-7,9-10,14H,8H2,1-4H3. The fraction of sp³-hybridized carbons (Fsp3) is 0.462. The van der Waals surface area contributed by atoms with Crippen molar-refractivity contribution in [3.05, 3.63) is 34.3 Å². The molecule has 0 aliphatic rings. The number of rotatable bonds is 5. The van der Waals surface area contributed by atoms with E-state index in [1.165, 1.54) is 10.6 Å². The number of hydrogen-bond acceptors (Lipinski definition) is 4. The van der Waals surface area contributed by atoms with Crippen molar-refractivity contribution < 1.29 is 0 Å². The Morgan fingerprint density at radius 1 is 1.50 bits per heavy atom. The van der Waals surface area contributed by atoms with Crippen LogP contribution in [0.4, 0.5) is 5.95 Å². The molecule has 2 aromatic heterocycles. The molecule has 0 spiro atoms. The van der Waals surface area contributed by atoms with Crippen molar-refractivity contribution in [1.29, 1.82) is 0 Å². The van der Waals surface area contributed by atoms with Crippen LogP contribution in [0, 0.1) is 0 Å². The second-order valence-electron chi connectivity index (χ2n) is 4.62. The first-order chi connectivity index (χ1) is 8.59. The molecule has 0 amide bonds. The van der Waals surface area contributed by atoms with Gasteiger partial charge in [0.2, 0.25) is 5.95 Å². The van der Waals surface area contributed by atoms with Gasteiger partial charge in [-0.1, -0.05) is 6.07 Å². The summed E-state index contributed by atoms with van der Waals surface area (Å²) in [6, 6.07) is 4.63. The molecule has 2 heterocycles. The molecule has 0 aliphatic carbocycles. The van der Waals surface area contributed by atoms with Crippen molar-refractivity contribution in [2.75, 3.05) is 19.0 Å². The third kappa shape index (κ3) is 2.73. The molecule has 0 aromatic carbocycles. The van der Waals surface area contributed by atoms with Crippen molar-refractivity contribution >= 4 is 17.3 Å². The van der Waals surface area contributed by atoms with Gasteiger partial charge in [0.15, 0.2) is 0 Å². The number of hydrogen-bond donors (Lipinski definition) is 1. The molecule has 5 heteroatoms. The van der Waals surface area contributed by atoms with Crippen molar-refractivity contribution in [2.45, 2.75) is 19.5 Å². The Hall–Kier alpha value is -1.33. The zero-order chi connectivity index (χ0) is 13.1. The Morgan fingerprint density at radius 2 is 2.28 bits per heavy atom. The largest absolute Gasteiger partial charge is 0.348 e. The van der Waals surface area contributed by atoms with E-state index in [0.29, 0.717) is 6.04 Å². The molecule has 0 saturated heterocycles. The summed E-state index contributed by atoms with van der Waals surface area (Å²) in [6.45, 7) is 3.02. The molecule has 2 rings (SSSR count). The van der Waals surface area contributed by atoms with Crippen molar-refractivity contribution in [2.24, 2.45) is 7.05 Å². The highest BCUT2D eigenvalue weighted by atomic mass is 32.1. The summed E-state index contributed by atoms with van der Waals surface area (Å²) < 4.78 is 2.12. The van der Waals surface area contributed by atoms with Crippen LogP contribution >= 0.6 is 11.3 Å². The maximum Gasteiger partial charge on any atom is 0.204 e. The molecule has 0 saturated carbocycles. The SMILES string of the molecule is CC(NCc1cnc(N(C)C)n1C)c1cccs1. The minimum absolute atomic E-state index is 0.378. The number of aromatic nitrogens is 2. The molecule has 4 nitrogen and oxygen atoms in total. The number of imidazole rings is 1. The van der Waals surface area contributed by atoms with Crippen LogP contribution in [0.5, 0.6) is 0 Å². The van der Waals surface area contributed by atoms with Crippen LogP contribution in [-0.2, 0) is 13.6 Å². The number of anilines is 1. The highest BCUT2D eigenvalue weighted by Gasteiger charge is 2.10. The van der Waals surface area contributed by atoms with E-state index in [1.54, 1.807) is 11.3 Å². The molecule has 1 N–H and O–H groups in total. The van der Waals surface area contributed by atoms with Gasteiger partial charge in [-0.25, -0.2) is 4.98 Å². The Kier molecular flexibility index (Phi) is 4.04. The van der Waals surface area contributed by atoms with Crippen LogP contribution < -0.4 is 10.2 Å². The molecule has 2 aromatic rings. The molecule has 0 radical (unpaired) electrons. The molecule has 0 aliphatic heterocycles. The van der Waals surface area contributed by atoms with Crippen LogP contribution in [0.1, 0.15) is 23.5 Å². The van der Waals surface area contributed by atoms with Gasteiger partial charge in [-0.15, -0.1) is 11.3 Å². The number of nitrogens with one attached hydrogen (secondary N) is 1. The molecule has 1 unspecified atom stereocenters. The molecular weight excluding hydrogens is 244 g/mol. The fourth-order valence-electron chi connectivity index (χ4n) is 1.91. The summed E-state index contributed by atoms with van der Waals surface area (Å²) in [4.78, 5) is 7.79. The van der Waals surface area contributed by atoms with Gasteiger partial charge in [-0.05, 0) is 18.4 Å². The molecule has 18 heavy (non-hydrogen) atoms. The van der Waals surface area contributed by atoms with E-state index in [1.807, 2.05) is 25.2 Å². The second-order valence-corrected chi connectivity index (χ2v) is 5.60. The lowest BCUT2D eigenvalue weighted by atomic mass is 10.2. The van der Waals surface area contributed by atoms with E-state index >= 15 is 0 Å². The Balaban J connectivity index is 1.98. The Bertz CT molecular complexity index is 487. The number of nitrogens with zero attached hydrogens (tertiary/aromatic N) is 3. The molecule has 98 valence electrons. The second kappa shape index (κ2) is 5.54. The summed E-state index contributed by atoms with van der Waals surface area (Å²) in [5, 5.41) is 5.64. The van der Waals surface area contributed by atoms with Crippen LogP contribution in [0.15, 0.2) is 23.7 Å². The van der Waals surface area contributed by atoms with Gasteiger partial charge in [0.1, 0.15) is 0 Å². The highest BCUT2D eigenvalue weighted by molar-refractivity contribution is 7.10. The highest BCUT2D eigenvalue weighted by Crippen LogP contribution is 2.19. The lowest BCUT2D eigenvalue weighted by Gasteiger charge is -2.15.